The Labute approximate surface area is 108 Å². The summed E-state index contributed by atoms with van der Waals surface area (Å²) in [5, 5.41) is 4.32. The second kappa shape index (κ2) is 14.8. The highest BCUT2D eigenvalue weighted by Crippen LogP contribution is 2.12. The predicted octanol–water partition coefficient (Wildman–Crippen LogP) is 4.46. The average Bonchev–Trinajstić information content (AvgIpc) is 2.78. The van der Waals surface area contributed by atoms with Gasteiger partial charge in [0.25, 0.3) is 0 Å². The van der Waals surface area contributed by atoms with Crippen LogP contribution < -0.4 is 5.73 Å². The van der Waals surface area contributed by atoms with Crippen LogP contribution >= 0.6 is 0 Å². The Morgan fingerprint density at radius 1 is 1.24 bits per heavy atom. The number of nitrogens with zero attached hydrogens (tertiary/aromatic N) is 2. The fraction of sp³-hybridized carbons (Fsp3) is 0.643. The maximum atomic E-state index is 5.71. The van der Waals surface area contributed by atoms with E-state index in [1.54, 1.807) is 0 Å². The molecule has 0 aliphatic carbocycles. The molecule has 0 radical (unpaired) electrons. The first kappa shape index (κ1) is 21.1. The first-order valence-electron chi connectivity index (χ1n) is 6.48. The molecule has 0 unspecified atom stereocenters. The molecule has 0 saturated heterocycles. The van der Waals surface area contributed by atoms with E-state index in [9.17, 15) is 0 Å². The molecule has 0 amide bonds. The van der Waals surface area contributed by atoms with Crippen molar-refractivity contribution in [3.05, 3.63) is 25.0 Å². The van der Waals surface area contributed by atoms with Crippen molar-refractivity contribution in [2.45, 2.75) is 60.9 Å². The summed E-state index contributed by atoms with van der Waals surface area (Å²) in [6.07, 6.45) is 2.80. The third-order valence-electron chi connectivity index (χ3n) is 1.70. The van der Waals surface area contributed by atoms with E-state index in [0.29, 0.717) is 6.04 Å². The number of hydrogen-bond acceptors (Lipinski definition) is 2. The quantitative estimate of drug-likeness (QED) is 0.777. The van der Waals surface area contributed by atoms with Gasteiger partial charge >= 0.3 is 0 Å². The Morgan fingerprint density at radius 2 is 1.65 bits per heavy atom. The van der Waals surface area contributed by atoms with Crippen LogP contribution in [0.3, 0.4) is 0 Å². The lowest BCUT2D eigenvalue weighted by Gasteiger charge is -2.02. The number of hydrogen-bond donors (Lipinski definition) is 1. The van der Waals surface area contributed by atoms with Gasteiger partial charge in [0, 0.05) is 12.2 Å². The van der Waals surface area contributed by atoms with E-state index < -0.39 is 0 Å². The van der Waals surface area contributed by atoms with Crippen LogP contribution in [0.2, 0.25) is 0 Å². The van der Waals surface area contributed by atoms with E-state index >= 15 is 0 Å². The molecular weight excluding hydrogens is 210 g/mol. The summed E-state index contributed by atoms with van der Waals surface area (Å²) in [6, 6.07) is 0.401. The molecule has 17 heavy (non-hydrogen) atoms. The molecule has 102 valence electrons. The minimum Gasteiger partial charge on any atom is -0.396 e. The molecule has 0 saturated carbocycles. The molecular formula is C14H31N3. The summed E-state index contributed by atoms with van der Waals surface area (Å²) in [5.74, 6) is 0. The van der Waals surface area contributed by atoms with Crippen LogP contribution in [0.25, 0.3) is 0 Å². The van der Waals surface area contributed by atoms with Crippen molar-refractivity contribution < 1.29 is 0 Å². The summed E-state index contributed by atoms with van der Waals surface area (Å²) in [5.41, 5.74) is 7.51. The number of nitrogen functional groups attached to an aromatic ring is 1. The second-order valence-corrected chi connectivity index (χ2v) is 2.96. The van der Waals surface area contributed by atoms with Crippen molar-refractivity contribution in [2.75, 3.05) is 5.73 Å². The van der Waals surface area contributed by atoms with Crippen LogP contribution in [0.4, 0.5) is 5.69 Å². The summed E-state index contributed by atoms with van der Waals surface area (Å²) in [6.45, 7) is 20.2. The van der Waals surface area contributed by atoms with Gasteiger partial charge in [-0.1, -0.05) is 34.6 Å². The average molecular weight is 241 g/mol. The molecule has 3 nitrogen and oxygen atoms in total. The summed E-state index contributed by atoms with van der Waals surface area (Å²) in [7, 11) is 0. The molecule has 3 heteroatoms. The van der Waals surface area contributed by atoms with Crippen LogP contribution in [0, 0.1) is 0 Å². The molecule has 0 atom stereocenters. The van der Waals surface area contributed by atoms with Crippen LogP contribution in [0.1, 0.15) is 60.2 Å². The molecule has 0 fully saturated rings. The normalized spacial score (nSPS) is 8.00. The molecule has 1 heterocycles. The van der Waals surface area contributed by atoms with Crippen molar-refractivity contribution >= 4 is 5.69 Å². The van der Waals surface area contributed by atoms with E-state index in [0.717, 1.165) is 17.8 Å². The van der Waals surface area contributed by atoms with Crippen molar-refractivity contribution in [3.63, 3.8) is 0 Å². The monoisotopic (exact) mass is 241 g/mol. The van der Waals surface area contributed by atoms with E-state index in [1.807, 2.05) is 38.6 Å². The summed E-state index contributed by atoms with van der Waals surface area (Å²) in [4.78, 5) is 0. The van der Waals surface area contributed by atoms with E-state index in [-0.39, 0.29) is 0 Å². The van der Waals surface area contributed by atoms with Gasteiger partial charge in [-0.15, -0.1) is 13.2 Å². The van der Waals surface area contributed by atoms with Crippen molar-refractivity contribution in [3.8, 4) is 0 Å². The molecule has 0 aliphatic heterocycles. The van der Waals surface area contributed by atoms with Gasteiger partial charge in [0.2, 0.25) is 0 Å². The largest absolute Gasteiger partial charge is 0.396 e. The topological polar surface area (TPSA) is 43.8 Å². The zero-order valence-corrected chi connectivity index (χ0v) is 12.7. The maximum absolute atomic E-state index is 5.71. The predicted molar refractivity (Wildman–Crippen MR) is 80.4 cm³/mol. The second-order valence-electron chi connectivity index (χ2n) is 2.96. The van der Waals surface area contributed by atoms with Crippen molar-refractivity contribution in [1.82, 2.24) is 9.78 Å². The molecule has 0 spiro atoms. The minimum absolute atomic E-state index is 0.401. The SMILES string of the molecule is C=C.CC.CC.CCc1nn(C(C)C)cc1N. The third-order valence-corrected chi connectivity index (χ3v) is 1.70. The molecule has 2 N–H and O–H groups in total. The molecule has 1 aromatic heterocycles. The highest BCUT2D eigenvalue weighted by atomic mass is 15.3. The van der Waals surface area contributed by atoms with Gasteiger partial charge in [0.1, 0.15) is 0 Å². The van der Waals surface area contributed by atoms with Crippen molar-refractivity contribution in [1.29, 1.82) is 0 Å². The van der Waals surface area contributed by atoms with E-state index in [4.69, 9.17) is 5.73 Å². The van der Waals surface area contributed by atoms with Gasteiger partial charge in [-0.3, -0.25) is 4.68 Å². The van der Waals surface area contributed by atoms with Crippen LogP contribution in [0.15, 0.2) is 19.4 Å². The van der Waals surface area contributed by atoms with Gasteiger partial charge in [0.15, 0.2) is 0 Å². The molecule has 0 aliphatic rings. The van der Waals surface area contributed by atoms with Gasteiger partial charge in [0.05, 0.1) is 11.4 Å². The number of anilines is 1. The number of rotatable bonds is 2. The zero-order chi connectivity index (χ0) is 14.4. The minimum atomic E-state index is 0.401. The zero-order valence-electron chi connectivity index (χ0n) is 12.7. The number of nitrogens with two attached hydrogens (primary N) is 1. The standard InChI is InChI=1S/C8H15N3.2C2H6.C2H4/c1-4-8-7(9)5-11(10-8)6(2)3;3*1-2/h5-6H,4,9H2,1-3H3;2*1-2H3;1-2H2. The van der Waals surface area contributed by atoms with E-state index in [2.05, 4.69) is 39.0 Å². The fourth-order valence-corrected chi connectivity index (χ4v) is 0.982. The fourth-order valence-electron chi connectivity index (χ4n) is 0.982. The lowest BCUT2D eigenvalue weighted by Crippen LogP contribution is -2.01. The lowest BCUT2D eigenvalue weighted by molar-refractivity contribution is 0.527. The van der Waals surface area contributed by atoms with Crippen LogP contribution in [-0.2, 0) is 6.42 Å². The highest BCUT2D eigenvalue weighted by Gasteiger charge is 2.04. The first-order valence-corrected chi connectivity index (χ1v) is 6.48. The van der Waals surface area contributed by atoms with E-state index in [1.165, 1.54) is 0 Å². The maximum Gasteiger partial charge on any atom is 0.0851 e. The molecule has 0 bridgehead atoms. The molecule has 0 aromatic carbocycles. The van der Waals surface area contributed by atoms with Gasteiger partial charge < -0.3 is 5.73 Å². The van der Waals surface area contributed by atoms with Gasteiger partial charge in [-0.2, -0.15) is 5.10 Å². The Bertz CT molecular complexity index is 252. The third kappa shape index (κ3) is 8.55. The lowest BCUT2D eigenvalue weighted by atomic mass is 10.3. The Morgan fingerprint density at radius 3 is 1.82 bits per heavy atom. The first-order chi connectivity index (χ1) is 8.15. The highest BCUT2D eigenvalue weighted by molar-refractivity contribution is 5.40. The van der Waals surface area contributed by atoms with Gasteiger partial charge in [-0.05, 0) is 20.3 Å². The molecule has 1 aromatic rings. The summed E-state index contributed by atoms with van der Waals surface area (Å²) >= 11 is 0. The smallest absolute Gasteiger partial charge is 0.0851 e. The van der Waals surface area contributed by atoms with Crippen LogP contribution in [-0.4, -0.2) is 9.78 Å². The number of aryl methyl sites for hydroxylation is 1. The number of aromatic nitrogens is 2. The van der Waals surface area contributed by atoms with Crippen molar-refractivity contribution in [2.24, 2.45) is 0 Å². The molecule has 1 rings (SSSR count). The Kier molecular flexibility index (Phi) is 18.3. The van der Waals surface area contributed by atoms with Crippen LogP contribution in [0.5, 0.6) is 0 Å². The summed E-state index contributed by atoms with van der Waals surface area (Å²) < 4.78 is 1.90. The Hall–Kier alpha value is -1.25. The Balaban J connectivity index is -0.000000285. The van der Waals surface area contributed by atoms with Gasteiger partial charge in [-0.25, -0.2) is 0 Å².